The molecule has 6 aliphatic heterocycles. The van der Waals surface area contributed by atoms with Crippen LogP contribution in [-0.2, 0) is 68.7 Å². The summed E-state index contributed by atoms with van der Waals surface area (Å²) >= 11 is 0. The van der Waals surface area contributed by atoms with Crippen molar-refractivity contribution in [3.05, 3.63) is 69.2 Å². The van der Waals surface area contributed by atoms with Gasteiger partial charge in [0.25, 0.3) is 7.82 Å². The smallest absolute Gasteiger partial charge is 0.756 e. The first-order chi connectivity index (χ1) is 41.8. The van der Waals surface area contributed by atoms with Crippen molar-refractivity contribution >= 4 is 77.3 Å². The summed E-state index contributed by atoms with van der Waals surface area (Å²) in [7, 11) is -5.32. The van der Waals surface area contributed by atoms with Gasteiger partial charge in [0.1, 0.15) is 18.3 Å². The molecule has 499 valence electrons. The van der Waals surface area contributed by atoms with E-state index in [1.807, 2.05) is 80.5 Å². The Balaban J connectivity index is 0.0000118. The molecule has 1 aromatic heterocycles. The summed E-state index contributed by atoms with van der Waals surface area (Å²) in [4.78, 5) is 128. The summed E-state index contributed by atoms with van der Waals surface area (Å²) in [6, 6.07) is 2.65. The van der Waals surface area contributed by atoms with E-state index in [1.165, 1.54) is 17.8 Å². The van der Waals surface area contributed by atoms with E-state index in [0.29, 0.717) is 56.4 Å². The van der Waals surface area contributed by atoms with Crippen molar-refractivity contribution in [3.8, 4) is 0 Å². The molecule has 15 atom stereocenters. The third-order valence-corrected chi connectivity index (χ3v) is 21.6. The van der Waals surface area contributed by atoms with Gasteiger partial charge < -0.3 is 78.5 Å². The number of fused-ring (bicyclic) bond motifs is 7. The maximum Gasteiger partial charge on any atom is 2.00 e. The van der Waals surface area contributed by atoms with Gasteiger partial charge >= 0.3 is 16.8 Å². The largest absolute Gasteiger partial charge is 2.00 e. The summed E-state index contributed by atoms with van der Waals surface area (Å²) in [5.74, 6) is -7.40. The first-order valence-electron chi connectivity index (χ1n) is 30.5. The first-order valence-corrected chi connectivity index (χ1v) is 32.0. The minimum atomic E-state index is -5.32. The molecule has 29 heteroatoms. The van der Waals surface area contributed by atoms with E-state index in [1.54, 1.807) is 6.92 Å². The Morgan fingerprint density at radius 1 is 0.791 bits per heavy atom. The summed E-state index contributed by atoms with van der Waals surface area (Å²) < 4.78 is 31.9. The maximum atomic E-state index is 14.4. The number of benzene rings is 1. The van der Waals surface area contributed by atoms with Crippen LogP contribution < -0.4 is 44.6 Å². The molecule has 7 amide bonds. The number of aliphatic hydroxyl groups is 2. The number of nitrogens with zero attached hydrogens (tertiary/aromatic N) is 6. The molecule has 8 bridgehead atoms. The molecule has 0 saturated carbocycles. The van der Waals surface area contributed by atoms with E-state index >= 15 is 0 Å². The number of aryl methyl sites for hydroxylation is 2. The predicted octanol–water partition coefficient (Wildman–Crippen LogP) is 3.31. The second-order valence-corrected chi connectivity index (χ2v) is 28.3. The van der Waals surface area contributed by atoms with Gasteiger partial charge in [-0.3, -0.25) is 53.1 Å². The van der Waals surface area contributed by atoms with Gasteiger partial charge in [-0.1, -0.05) is 40.7 Å². The summed E-state index contributed by atoms with van der Waals surface area (Å²) in [6.45, 7) is 19.0. The zero-order valence-corrected chi connectivity index (χ0v) is 55.4. The van der Waals surface area contributed by atoms with Gasteiger partial charge in [0.15, 0.2) is 6.23 Å². The fourth-order valence-electron chi connectivity index (χ4n) is 15.3. The number of phosphoric ester groups is 1. The van der Waals surface area contributed by atoms with Crippen molar-refractivity contribution in [2.75, 3.05) is 13.2 Å². The topological polar surface area (TPSA) is 465 Å². The fourth-order valence-corrected chi connectivity index (χ4v) is 16.4. The van der Waals surface area contributed by atoms with Crippen LogP contribution in [0.25, 0.3) is 16.4 Å². The molecular weight excluding hydrogens is 1240 g/mol. The zero-order valence-electron chi connectivity index (χ0n) is 53.5. The van der Waals surface area contributed by atoms with Crippen LogP contribution in [0.2, 0.25) is 0 Å². The number of phosphoric acid groups is 1. The van der Waals surface area contributed by atoms with Gasteiger partial charge in [0.05, 0.1) is 41.3 Å². The van der Waals surface area contributed by atoms with Crippen LogP contribution in [-0.4, -0.2) is 127 Å². The van der Waals surface area contributed by atoms with Gasteiger partial charge in [-0.2, -0.15) is 5.70 Å². The van der Waals surface area contributed by atoms with Crippen molar-refractivity contribution in [1.82, 2.24) is 14.9 Å². The van der Waals surface area contributed by atoms with Gasteiger partial charge in [-0.15, -0.1) is 0 Å². The Hall–Kier alpha value is -6.49. The Morgan fingerprint density at radius 3 is 1.97 bits per heavy atom. The number of aromatic nitrogens is 2. The Labute approximate surface area is 539 Å². The normalized spacial score (nSPS) is 33.8. The molecule has 0 spiro atoms. The number of ether oxygens (including phenoxy) is 1. The number of hydrogen-bond donors (Lipinski definition) is 9. The van der Waals surface area contributed by atoms with Crippen molar-refractivity contribution < 1.29 is 83.8 Å². The standard InChI is InChI=1S/C62H90N13O14P.Co/c1-29-20-39-40(21-30(29)2)75(28-70-39)57-52(84)53(41(27-76)87-57)89-90(85,86)88-31(3)26-69-49(83)18-19-59(8)37(22-46(66)80)56-62(11)61(10,25-48(68)82)36(14-17-45(65)79)51(74-62)33(5)55-60(9,24-47(67)81)34(12-15-43(63)77)38(71-55)23-42-58(6,7)35(13-16-44(64)78)50(72-42)32(4)54(59)73-56;/h20-21,23,28,31,34-37,41,52-53,56-57,76,84H,12-19,22,24-27H2,1-11H3,(H15,63,64,65,66,67,68,69,71,72,73,74,77,78,79,80,81,82,83,85,86);/q;+2/p-2/t31-,34-,35-,36-,37+,41-,52?,53-,56-,57+,59-,60+,61+,62+;/m1./s1. The molecule has 15 N–H and O–H groups in total. The number of aliphatic hydroxyl groups excluding tert-OH is 2. The van der Waals surface area contributed by atoms with Crippen LogP contribution >= 0.6 is 7.82 Å². The molecule has 7 heterocycles. The van der Waals surface area contributed by atoms with Crippen molar-refractivity contribution in [1.29, 1.82) is 0 Å². The number of nitrogens with one attached hydrogen (secondary N) is 1. The van der Waals surface area contributed by atoms with Crippen molar-refractivity contribution in [3.63, 3.8) is 0 Å². The average Bonchev–Trinajstić information content (AvgIpc) is 1.53. The zero-order chi connectivity index (χ0) is 66.7. The summed E-state index contributed by atoms with van der Waals surface area (Å²) in [5.41, 5.74) is 36.7. The number of hydrogen-bond acceptors (Lipinski definition) is 18. The third kappa shape index (κ3) is 13.8. The quantitative estimate of drug-likeness (QED) is 0.0610. The first kappa shape index (κ1) is 71.9. The minimum Gasteiger partial charge on any atom is -0.756 e. The number of rotatable bonds is 26. The number of amides is 7. The number of carbonyl (C=O) groups is 7. The fraction of sp³-hybridized carbons (Fsp3) is 0.629. The Morgan fingerprint density at radius 2 is 1.38 bits per heavy atom. The second kappa shape index (κ2) is 26.8. The van der Waals surface area contributed by atoms with E-state index in [-0.39, 0.29) is 94.0 Å². The Bertz CT molecular complexity index is 3540. The molecule has 6 aliphatic rings. The molecule has 91 heavy (non-hydrogen) atoms. The number of imidazole rings is 1. The third-order valence-electron chi connectivity index (χ3n) is 20.5. The number of allylic oxidation sites excluding steroid dienone is 6. The molecule has 2 fully saturated rings. The molecule has 0 aliphatic carbocycles. The molecule has 2 unspecified atom stereocenters. The van der Waals surface area contributed by atoms with E-state index in [4.69, 9.17) is 68.5 Å². The van der Waals surface area contributed by atoms with Crippen LogP contribution in [0.5, 0.6) is 0 Å². The number of carbonyl (C=O) groups excluding carboxylic acids is 7. The van der Waals surface area contributed by atoms with E-state index in [9.17, 15) is 53.2 Å². The molecular formula is C62H88CoN13O14P. The van der Waals surface area contributed by atoms with Crippen molar-refractivity contribution in [2.45, 2.75) is 189 Å². The molecule has 2 aromatic rings. The van der Waals surface area contributed by atoms with Gasteiger partial charge in [0, 0.05) is 108 Å². The molecule has 2 saturated heterocycles. The van der Waals surface area contributed by atoms with Crippen LogP contribution in [0.3, 0.4) is 0 Å². The van der Waals surface area contributed by atoms with E-state index in [0.717, 1.165) is 11.1 Å². The SMILES string of the molecule is C/C1=C2/[N-][C@H]([C@H](CC(N)=O)[C@@]2(C)CCC(=O)NC[C@@H](C)OP(=O)([O-])O[C@H]2C(O)[C@@H](n3cnc4cc(C)c(C)cc43)O[C@@H]2CO)[C@]2(C)N=C(/C(C)=C3N=C(/C=C4N=C1[C@@H](CCC(N)=O)C\4(C)C)[C@@H](CCC(N)=O)[C@]\3(C)CC(N)=O)[C@@H](CCC(N)=O)[C@]2(C)CC(N)=O.[Co+2]. The van der Waals surface area contributed by atoms with Crippen LogP contribution in [0.4, 0.5) is 0 Å². The number of aliphatic imine (C=N–C) groups is 3. The summed E-state index contributed by atoms with van der Waals surface area (Å²) in [6.07, 6.45) is -4.79. The molecule has 1 radical (unpaired) electrons. The van der Waals surface area contributed by atoms with E-state index < -0.39 is 143 Å². The van der Waals surface area contributed by atoms with Gasteiger partial charge in [-0.05, 0) is 119 Å². The predicted molar refractivity (Wildman–Crippen MR) is 332 cm³/mol. The van der Waals surface area contributed by atoms with E-state index in [2.05, 4.69) is 10.3 Å². The van der Waals surface area contributed by atoms with Crippen molar-refractivity contribution in [2.24, 2.45) is 94.7 Å². The molecule has 1 aromatic carbocycles. The number of nitrogens with two attached hydrogens (primary N) is 6. The monoisotopic (exact) mass is 1330 g/mol. The average molecular weight is 1330 g/mol. The van der Waals surface area contributed by atoms with Gasteiger partial charge in [-0.25, -0.2) is 4.98 Å². The number of primary amides is 6. The van der Waals surface area contributed by atoms with Gasteiger partial charge in [0.2, 0.25) is 41.4 Å². The second-order valence-electron chi connectivity index (χ2n) is 27.0. The maximum absolute atomic E-state index is 14.4. The summed E-state index contributed by atoms with van der Waals surface area (Å²) in [5, 5.41) is 30.1. The van der Waals surface area contributed by atoms with Crippen LogP contribution in [0.1, 0.15) is 150 Å². The molecule has 8 rings (SSSR count). The minimum absolute atomic E-state index is 0. The molecule has 27 nitrogen and oxygen atoms in total. The Kier molecular flexibility index (Phi) is 21.2. The van der Waals surface area contributed by atoms with Crippen LogP contribution in [0.15, 0.2) is 67.8 Å². The van der Waals surface area contributed by atoms with Crippen LogP contribution in [0, 0.1) is 59.2 Å².